The van der Waals surface area contributed by atoms with E-state index in [2.05, 4.69) is 16.3 Å². The Kier molecular flexibility index (Phi) is 6.40. The summed E-state index contributed by atoms with van der Waals surface area (Å²) in [6.07, 6.45) is 1.37. The summed E-state index contributed by atoms with van der Waals surface area (Å²) >= 11 is 0. The molecule has 4 rings (SSSR count). The number of fused-ring (bicyclic) bond motifs is 1. The lowest BCUT2D eigenvalue weighted by Crippen LogP contribution is -2.46. The summed E-state index contributed by atoms with van der Waals surface area (Å²) in [4.78, 5) is 26.0. The Labute approximate surface area is 185 Å². The largest absolute Gasteiger partial charge is 0.419 e. The average molecular weight is 434 g/mol. The number of benzene rings is 2. The average Bonchev–Trinajstić information content (AvgIpc) is 3.41. The fraction of sp³-hybridized carbons (Fsp3) is 0.375. The van der Waals surface area contributed by atoms with Crippen molar-refractivity contribution in [2.75, 3.05) is 19.6 Å². The van der Waals surface area contributed by atoms with Gasteiger partial charge in [0.1, 0.15) is 12.1 Å². The summed E-state index contributed by atoms with van der Waals surface area (Å²) in [5.74, 6) is -0.915. The molecule has 3 aromatic rings. The van der Waals surface area contributed by atoms with Crippen LogP contribution in [-0.2, 0) is 18.3 Å². The van der Waals surface area contributed by atoms with Crippen LogP contribution in [-0.4, -0.2) is 52.3 Å². The zero-order valence-electron chi connectivity index (χ0n) is 18.0. The molecule has 166 valence electrons. The number of aliphatic hydroxyl groups is 1. The topological polar surface area (TPSA) is 112 Å². The molecule has 0 unspecified atom stereocenters. The highest BCUT2D eigenvalue weighted by Crippen LogP contribution is 2.24. The number of amides is 1. The number of carbonyl (C=O) groups is 1. The summed E-state index contributed by atoms with van der Waals surface area (Å²) < 4.78 is 6.64. The molecule has 2 heterocycles. The number of aromatic nitrogens is 1. The van der Waals surface area contributed by atoms with E-state index in [0.717, 1.165) is 48.1 Å². The smallest absolute Gasteiger partial charge is 0.408 e. The summed E-state index contributed by atoms with van der Waals surface area (Å²) in [5, 5.41) is 22.3. The van der Waals surface area contributed by atoms with Gasteiger partial charge in [0, 0.05) is 20.0 Å². The van der Waals surface area contributed by atoms with Crippen LogP contribution in [0.15, 0.2) is 51.7 Å². The van der Waals surface area contributed by atoms with Crippen LogP contribution >= 0.6 is 0 Å². The summed E-state index contributed by atoms with van der Waals surface area (Å²) in [7, 11) is 1.67. The second kappa shape index (κ2) is 9.39. The normalized spacial score (nSPS) is 16.0. The zero-order valence-corrected chi connectivity index (χ0v) is 18.0. The molecule has 1 aromatic heterocycles. The monoisotopic (exact) mass is 434 g/mol. The number of likely N-dealkylation sites (tertiary alicyclic amines) is 1. The lowest BCUT2D eigenvalue weighted by atomic mass is 10.0. The van der Waals surface area contributed by atoms with Crippen molar-refractivity contribution in [3.05, 3.63) is 58.6 Å². The van der Waals surface area contributed by atoms with E-state index in [1.807, 2.05) is 36.4 Å². The number of hydrogen-bond acceptors (Lipinski definition) is 6. The molecule has 0 radical (unpaired) electrons. The first-order valence-corrected chi connectivity index (χ1v) is 10.7. The molecule has 0 bridgehead atoms. The van der Waals surface area contributed by atoms with Gasteiger partial charge < -0.3 is 19.7 Å². The van der Waals surface area contributed by atoms with Gasteiger partial charge in [0.25, 0.3) is 5.91 Å². The summed E-state index contributed by atoms with van der Waals surface area (Å²) in [6, 6.07) is 14.6. The van der Waals surface area contributed by atoms with Gasteiger partial charge in [-0.25, -0.2) is 4.79 Å². The number of rotatable bonds is 7. The number of hydrogen-bond donors (Lipinski definition) is 2. The first-order valence-electron chi connectivity index (χ1n) is 10.7. The van der Waals surface area contributed by atoms with E-state index >= 15 is 0 Å². The zero-order chi connectivity index (χ0) is 22.7. The molecule has 1 aliphatic rings. The third kappa shape index (κ3) is 4.74. The Balaban J connectivity index is 1.40. The molecule has 0 saturated carbocycles. The Bertz CT molecular complexity index is 1200. The van der Waals surface area contributed by atoms with Crippen molar-refractivity contribution in [2.45, 2.75) is 31.4 Å². The Morgan fingerprint density at radius 2 is 1.88 bits per heavy atom. The van der Waals surface area contributed by atoms with Gasteiger partial charge >= 0.3 is 5.76 Å². The van der Waals surface area contributed by atoms with E-state index in [1.165, 1.54) is 4.57 Å². The maximum Gasteiger partial charge on any atom is 0.419 e. The Morgan fingerprint density at radius 1 is 1.19 bits per heavy atom. The van der Waals surface area contributed by atoms with Gasteiger partial charge in [-0.2, -0.15) is 5.26 Å². The lowest BCUT2D eigenvalue weighted by molar-refractivity contribution is -0.130. The van der Waals surface area contributed by atoms with Crippen molar-refractivity contribution in [1.82, 2.24) is 14.8 Å². The number of carbonyl (C=O) groups excluding carboxylic acids is 1. The first-order chi connectivity index (χ1) is 15.4. The molecule has 8 heteroatoms. The molecular formula is C24H26N4O4. The summed E-state index contributed by atoms with van der Waals surface area (Å²) in [5.41, 5.74) is 4.05. The number of nitrogens with zero attached hydrogens (tertiary/aromatic N) is 3. The predicted molar refractivity (Wildman–Crippen MR) is 120 cm³/mol. The van der Waals surface area contributed by atoms with E-state index < -0.39 is 23.8 Å². The maximum atomic E-state index is 12.3. The minimum Gasteiger partial charge on any atom is -0.408 e. The van der Waals surface area contributed by atoms with Gasteiger partial charge in [0.2, 0.25) is 0 Å². The molecular weight excluding hydrogens is 408 g/mol. The molecule has 8 nitrogen and oxygen atoms in total. The number of aliphatic hydroxyl groups excluding tert-OH is 1. The second-order valence-electron chi connectivity index (χ2n) is 8.22. The maximum absolute atomic E-state index is 12.3. The van der Waals surface area contributed by atoms with Crippen LogP contribution in [0.5, 0.6) is 0 Å². The second-order valence-corrected chi connectivity index (χ2v) is 8.22. The van der Waals surface area contributed by atoms with E-state index in [-0.39, 0.29) is 0 Å². The van der Waals surface area contributed by atoms with Crippen molar-refractivity contribution in [3.63, 3.8) is 0 Å². The highest BCUT2D eigenvalue weighted by Gasteiger charge is 2.23. The fourth-order valence-corrected chi connectivity index (χ4v) is 4.06. The Hall–Kier alpha value is -3.41. The van der Waals surface area contributed by atoms with Crippen molar-refractivity contribution < 1.29 is 14.3 Å². The third-order valence-electron chi connectivity index (χ3n) is 5.92. The van der Waals surface area contributed by atoms with Gasteiger partial charge in [-0.15, -0.1) is 0 Å². The number of nitriles is 1. The van der Waals surface area contributed by atoms with Crippen molar-refractivity contribution in [1.29, 1.82) is 5.26 Å². The van der Waals surface area contributed by atoms with Gasteiger partial charge in [0.15, 0.2) is 5.58 Å². The van der Waals surface area contributed by atoms with Crippen LogP contribution in [0, 0.1) is 11.3 Å². The highest BCUT2D eigenvalue weighted by atomic mass is 16.4. The SMILES string of the molecule is Cn1c(=O)oc2ccc(-c3ccc(C[C@@H](C#N)NC(=O)[C@@H](O)CN4CCCC4)cc3)cc21. The standard InChI is InChI=1S/C24H26N4O4/c1-27-20-13-18(8-9-22(20)32-24(27)31)17-6-4-16(5-7-17)12-19(14-25)26-23(30)21(29)15-28-10-2-3-11-28/h4-9,13,19,21,29H,2-3,10-12,15H2,1H3,(H,26,30)/t19-,21-/m0/s1. The number of β-amino-alcohol motifs (C(OH)–C–C–N with tert-alkyl or cyclic N) is 1. The molecule has 2 atom stereocenters. The molecule has 0 aliphatic carbocycles. The molecule has 2 aromatic carbocycles. The molecule has 2 N–H and O–H groups in total. The highest BCUT2D eigenvalue weighted by molar-refractivity contribution is 5.81. The quantitative estimate of drug-likeness (QED) is 0.587. The van der Waals surface area contributed by atoms with Gasteiger partial charge in [-0.3, -0.25) is 9.36 Å². The first kappa shape index (κ1) is 21.8. The molecule has 32 heavy (non-hydrogen) atoms. The van der Waals surface area contributed by atoms with Gasteiger partial charge in [0.05, 0.1) is 11.6 Å². The number of oxazole rings is 1. The Morgan fingerprint density at radius 3 is 2.56 bits per heavy atom. The molecule has 1 fully saturated rings. The number of aryl methyl sites for hydroxylation is 1. The molecule has 1 aliphatic heterocycles. The van der Waals surface area contributed by atoms with Gasteiger partial charge in [-0.1, -0.05) is 30.3 Å². The van der Waals surface area contributed by atoms with Crippen LogP contribution < -0.4 is 11.1 Å². The van der Waals surface area contributed by atoms with Crippen molar-refractivity contribution in [3.8, 4) is 17.2 Å². The minimum absolute atomic E-state index is 0.297. The van der Waals surface area contributed by atoms with Crippen LogP contribution in [0.25, 0.3) is 22.2 Å². The van der Waals surface area contributed by atoms with E-state index in [0.29, 0.717) is 18.5 Å². The van der Waals surface area contributed by atoms with Crippen LogP contribution in [0.4, 0.5) is 0 Å². The van der Waals surface area contributed by atoms with Crippen LogP contribution in [0.2, 0.25) is 0 Å². The molecule has 1 amide bonds. The van der Waals surface area contributed by atoms with E-state index in [4.69, 9.17) is 4.42 Å². The van der Waals surface area contributed by atoms with E-state index in [1.54, 1.807) is 13.1 Å². The van der Waals surface area contributed by atoms with Gasteiger partial charge in [-0.05, 0) is 54.8 Å². The summed E-state index contributed by atoms with van der Waals surface area (Å²) in [6.45, 7) is 2.08. The molecule has 1 saturated heterocycles. The lowest BCUT2D eigenvalue weighted by Gasteiger charge is -2.20. The van der Waals surface area contributed by atoms with E-state index in [9.17, 15) is 20.0 Å². The minimum atomic E-state index is -1.14. The van der Waals surface area contributed by atoms with Crippen molar-refractivity contribution in [2.24, 2.45) is 7.05 Å². The van der Waals surface area contributed by atoms with Crippen LogP contribution in [0.1, 0.15) is 18.4 Å². The molecule has 0 spiro atoms. The number of nitrogens with one attached hydrogen (secondary N) is 1. The third-order valence-corrected chi connectivity index (χ3v) is 5.92. The predicted octanol–water partition coefficient (Wildman–Crippen LogP) is 1.81. The van der Waals surface area contributed by atoms with Crippen LogP contribution in [0.3, 0.4) is 0 Å². The van der Waals surface area contributed by atoms with Crippen molar-refractivity contribution >= 4 is 17.0 Å². The fourth-order valence-electron chi connectivity index (χ4n) is 4.06.